The van der Waals surface area contributed by atoms with E-state index in [0.717, 1.165) is 34.1 Å². The van der Waals surface area contributed by atoms with Crippen LogP contribution in [0.4, 0.5) is 51.2 Å². The van der Waals surface area contributed by atoms with E-state index in [0.29, 0.717) is 0 Å². The van der Waals surface area contributed by atoms with Gasteiger partial charge in [0.25, 0.3) is 0 Å². The van der Waals surface area contributed by atoms with Crippen molar-refractivity contribution in [1.82, 2.24) is 0 Å². The third kappa shape index (κ3) is 7.77. The number of nitrogens with zero attached hydrogens (tertiary/aromatic N) is 3. The quantitative estimate of drug-likeness (QED) is 0.143. The molecule has 3 heteroatoms. The summed E-state index contributed by atoms with van der Waals surface area (Å²) in [5.74, 6) is 0. The average Bonchev–Trinajstić information content (AvgIpc) is 3.14. The minimum Gasteiger partial charge on any atom is -0.310 e. The van der Waals surface area contributed by atoms with Crippen LogP contribution in [0.5, 0.6) is 0 Å². The van der Waals surface area contributed by atoms with E-state index in [4.69, 9.17) is 0 Å². The Bertz CT molecular complexity index is 4140. The molecule has 82 heavy (non-hydrogen) atoms. The summed E-state index contributed by atoms with van der Waals surface area (Å²) in [7, 11) is 0. The second-order valence-electron chi connectivity index (χ2n) is 24.6. The molecule has 0 radical (unpaired) electrons. The summed E-state index contributed by atoms with van der Waals surface area (Å²) in [5.41, 5.74) is 32.3. The third-order valence-corrected chi connectivity index (χ3v) is 18.6. The fraction of sp³-hybridized carbons (Fsp3) is 0.165. The Morgan fingerprint density at radius 3 is 1.18 bits per heavy atom. The fourth-order valence-corrected chi connectivity index (χ4v) is 14.3. The van der Waals surface area contributed by atoms with Gasteiger partial charge in [-0.15, -0.1) is 0 Å². The van der Waals surface area contributed by atoms with E-state index >= 15 is 0 Å². The topological polar surface area (TPSA) is 9.72 Å². The highest BCUT2D eigenvalue weighted by Gasteiger charge is 2.47. The van der Waals surface area contributed by atoms with E-state index in [1.54, 1.807) is 0 Å². The summed E-state index contributed by atoms with van der Waals surface area (Å²) in [5, 5.41) is 0. The molecule has 1 aliphatic heterocycles. The van der Waals surface area contributed by atoms with Crippen LogP contribution < -0.4 is 14.7 Å². The molecule has 0 N–H and O–H groups in total. The lowest BCUT2D eigenvalue weighted by atomic mass is 9.62. The fourth-order valence-electron chi connectivity index (χ4n) is 14.3. The summed E-state index contributed by atoms with van der Waals surface area (Å²) >= 11 is 0. The summed E-state index contributed by atoms with van der Waals surface area (Å²) in [6.07, 6.45) is 0. The second-order valence-corrected chi connectivity index (χ2v) is 24.6. The van der Waals surface area contributed by atoms with Gasteiger partial charge >= 0.3 is 0 Å². The summed E-state index contributed by atoms with van der Waals surface area (Å²) < 4.78 is 0. The van der Waals surface area contributed by atoms with Gasteiger partial charge < -0.3 is 14.7 Å². The van der Waals surface area contributed by atoms with E-state index in [2.05, 4.69) is 321 Å². The number of benzene rings is 11. The van der Waals surface area contributed by atoms with Crippen LogP contribution in [0.25, 0.3) is 22.3 Å². The maximum atomic E-state index is 2.49. The van der Waals surface area contributed by atoms with Crippen molar-refractivity contribution in [1.29, 1.82) is 0 Å². The predicted molar refractivity (Wildman–Crippen MR) is 346 cm³/mol. The molecule has 0 bridgehead atoms. The molecule has 14 rings (SSSR count). The first-order valence-corrected chi connectivity index (χ1v) is 29.1. The van der Waals surface area contributed by atoms with Gasteiger partial charge in [-0.1, -0.05) is 190 Å². The Kier molecular flexibility index (Phi) is 11.8. The number of aryl methyl sites for hydroxylation is 6. The van der Waals surface area contributed by atoms with Gasteiger partial charge in [0.2, 0.25) is 0 Å². The van der Waals surface area contributed by atoms with Gasteiger partial charge in [0.05, 0.1) is 16.8 Å². The Morgan fingerprint density at radius 1 is 0.293 bits per heavy atom. The van der Waals surface area contributed by atoms with Gasteiger partial charge in [0, 0.05) is 50.6 Å². The standard InChI is InChI=1S/C79H69N3/c1-50-25-34-60(35-26-50)82-73-22-16-15-21-69(73)79(72-45-51(2)27-44-74(72)82,56-30-36-58(37-31-56)80(75-46-52(3)23-28-54(75)5)61-40-42-65-63-17-11-13-19-67(63)77(7,8)70(65)48-61)57-32-38-59(39-33-57)81(76-47-53(4)24-29-55(76)6)62-41-43-66-64-18-12-14-20-68(64)78(9,10)71(66)49-62/h11-49H,1-10H3. The highest BCUT2D eigenvalue weighted by atomic mass is 15.2. The molecule has 3 aliphatic rings. The zero-order valence-corrected chi connectivity index (χ0v) is 48.9. The number of fused-ring (bicyclic) bond motifs is 8. The van der Waals surface area contributed by atoms with E-state index in [9.17, 15) is 0 Å². The Hall–Kier alpha value is -9.18. The molecule has 11 aromatic carbocycles. The molecule has 0 fully saturated rings. The Balaban J connectivity index is 0.977. The van der Waals surface area contributed by atoms with Crippen LogP contribution in [0.15, 0.2) is 237 Å². The van der Waals surface area contributed by atoms with Crippen LogP contribution in [-0.2, 0) is 16.2 Å². The summed E-state index contributed by atoms with van der Waals surface area (Å²) in [6.45, 7) is 22.8. The molecule has 1 heterocycles. The van der Waals surface area contributed by atoms with Crippen LogP contribution in [0.2, 0.25) is 0 Å². The van der Waals surface area contributed by atoms with Crippen LogP contribution in [0.3, 0.4) is 0 Å². The summed E-state index contributed by atoms with van der Waals surface area (Å²) in [6, 6.07) is 90.2. The van der Waals surface area contributed by atoms with Gasteiger partial charge in [0.15, 0.2) is 0 Å². The van der Waals surface area contributed by atoms with Crippen LogP contribution in [0, 0.1) is 41.5 Å². The van der Waals surface area contributed by atoms with E-state index < -0.39 is 5.41 Å². The summed E-state index contributed by atoms with van der Waals surface area (Å²) in [4.78, 5) is 7.45. The van der Waals surface area contributed by atoms with Crippen LogP contribution >= 0.6 is 0 Å². The lowest BCUT2D eigenvalue weighted by Gasteiger charge is -2.47. The molecule has 2 aliphatic carbocycles. The molecule has 0 saturated heterocycles. The van der Waals surface area contributed by atoms with Gasteiger partial charge in [-0.25, -0.2) is 0 Å². The van der Waals surface area contributed by atoms with Crippen molar-refractivity contribution in [3.63, 3.8) is 0 Å². The molecular weight excluding hydrogens is 991 g/mol. The zero-order valence-electron chi connectivity index (χ0n) is 48.9. The number of para-hydroxylation sites is 1. The molecule has 0 spiro atoms. The second kappa shape index (κ2) is 19.0. The molecule has 0 aromatic heterocycles. The molecular formula is C79H69N3. The van der Waals surface area contributed by atoms with Crippen molar-refractivity contribution in [2.75, 3.05) is 14.7 Å². The normalized spacial score (nSPS) is 14.5. The van der Waals surface area contributed by atoms with E-state index in [-0.39, 0.29) is 10.8 Å². The van der Waals surface area contributed by atoms with Crippen LogP contribution in [-0.4, -0.2) is 0 Å². The van der Waals surface area contributed by atoms with Crippen molar-refractivity contribution in [2.24, 2.45) is 0 Å². The third-order valence-electron chi connectivity index (χ3n) is 18.6. The van der Waals surface area contributed by atoms with Gasteiger partial charge in [-0.3, -0.25) is 0 Å². The van der Waals surface area contributed by atoms with Gasteiger partial charge in [0.1, 0.15) is 0 Å². The number of hydrogen-bond acceptors (Lipinski definition) is 3. The maximum absolute atomic E-state index is 2.49. The zero-order chi connectivity index (χ0) is 56.4. The minimum atomic E-state index is -0.739. The van der Waals surface area contributed by atoms with Crippen molar-refractivity contribution in [3.8, 4) is 22.3 Å². The van der Waals surface area contributed by atoms with Crippen molar-refractivity contribution >= 4 is 51.2 Å². The van der Waals surface area contributed by atoms with Crippen molar-refractivity contribution in [3.05, 3.63) is 314 Å². The van der Waals surface area contributed by atoms with Gasteiger partial charge in [-0.05, 0) is 215 Å². The first-order valence-electron chi connectivity index (χ1n) is 29.1. The molecule has 0 amide bonds. The maximum Gasteiger partial charge on any atom is 0.0742 e. The number of hydrogen-bond donors (Lipinski definition) is 0. The lowest BCUT2D eigenvalue weighted by Crippen LogP contribution is -2.38. The number of rotatable bonds is 9. The van der Waals surface area contributed by atoms with Gasteiger partial charge in [-0.2, -0.15) is 0 Å². The van der Waals surface area contributed by atoms with Crippen molar-refractivity contribution in [2.45, 2.75) is 85.5 Å². The monoisotopic (exact) mass is 1060 g/mol. The highest BCUT2D eigenvalue weighted by Crippen LogP contribution is 2.59. The van der Waals surface area contributed by atoms with Crippen molar-refractivity contribution < 1.29 is 0 Å². The smallest absolute Gasteiger partial charge is 0.0742 e. The Labute approximate surface area is 485 Å². The molecule has 11 aromatic rings. The molecule has 0 atom stereocenters. The first kappa shape index (κ1) is 51.0. The first-order chi connectivity index (χ1) is 39.6. The molecule has 3 nitrogen and oxygen atoms in total. The molecule has 0 unspecified atom stereocenters. The van der Waals surface area contributed by atoms with Crippen LogP contribution in [0.1, 0.15) is 106 Å². The molecule has 400 valence electrons. The Morgan fingerprint density at radius 2 is 0.683 bits per heavy atom. The predicted octanol–water partition coefficient (Wildman–Crippen LogP) is 21.3. The SMILES string of the molecule is Cc1ccc(N2c3ccccc3C(c3ccc(N(c4ccc5c(c4)C(C)(C)c4ccccc4-5)c4cc(C)ccc4C)cc3)(c3ccc(N(c4ccc5c(c4)C(C)(C)c4ccccc4-5)c4cc(C)ccc4C)cc3)c3cc(C)ccc32)cc1. The minimum absolute atomic E-state index is 0.145. The highest BCUT2D eigenvalue weighted by molar-refractivity contribution is 5.92. The average molecular weight is 1060 g/mol. The number of anilines is 9. The lowest BCUT2D eigenvalue weighted by molar-refractivity contribution is 0.660. The molecule has 0 saturated carbocycles. The largest absolute Gasteiger partial charge is 0.310 e. The van der Waals surface area contributed by atoms with E-state index in [1.165, 1.54) is 117 Å². The van der Waals surface area contributed by atoms with E-state index in [1.807, 2.05) is 0 Å².